The maximum Gasteiger partial charge on any atom is 0.323 e. The molecule has 0 N–H and O–H groups in total. The lowest BCUT2D eigenvalue weighted by Crippen LogP contribution is -2.52. The number of piperidine rings is 2. The van der Waals surface area contributed by atoms with Crippen molar-refractivity contribution in [2.45, 2.75) is 43.6 Å². The van der Waals surface area contributed by atoms with Crippen LogP contribution in [0, 0.1) is 17.1 Å². The number of carbonyl (C=O) groups excluding carboxylic acids is 2. The lowest BCUT2D eigenvalue weighted by Gasteiger charge is -2.45. The number of halogens is 1. The molecule has 8 heteroatoms. The van der Waals surface area contributed by atoms with E-state index in [0.717, 1.165) is 50.0 Å². The summed E-state index contributed by atoms with van der Waals surface area (Å²) in [5, 5.41) is 8.74. The minimum atomic E-state index is -0.255. The molecule has 1 spiro atoms. The zero-order chi connectivity index (χ0) is 22.2. The molecule has 166 valence electrons. The van der Waals surface area contributed by atoms with Gasteiger partial charge in [-0.25, -0.2) is 9.18 Å². The zero-order valence-electron chi connectivity index (χ0n) is 18.3. The highest BCUT2D eigenvalue weighted by atomic mass is 19.1. The molecule has 2 fully saturated rings. The second kappa shape index (κ2) is 8.46. The quantitative estimate of drug-likeness (QED) is 0.727. The maximum absolute atomic E-state index is 14.1. The predicted molar refractivity (Wildman–Crippen MR) is 115 cm³/mol. The number of fused-ring (bicyclic) bond motifs is 2. The highest BCUT2D eigenvalue weighted by molar-refractivity contribution is 5.95. The predicted octanol–water partition coefficient (Wildman–Crippen LogP) is 2.57. The van der Waals surface area contributed by atoms with Crippen LogP contribution in [0.4, 0.5) is 14.9 Å². The molecule has 31 heavy (non-hydrogen) atoms. The lowest BCUT2D eigenvalue weighted by molar-refractivity contribution is -0.131. The van der Waals surface area contributed by atoms with Crippen molar-refractivity contribution in [1.82, 2.24) is 14.7 Å². The van der Waals surface area contributed by atoms with Gasteiger partial charge in [0.05, 0.1) is 6.07 Å². The number of urea groups is 1. The standard InChI is InChI=1S/C23H30FN5O2/c1-26(2)22(31)29-16-23(19-15-17(24)3-4-20(19)29)8-13-27(14-9-23)18-6-11-28(12-7-18)21(30)5-10-25/h3-4,15,18H,5-9,11-14,16H2,1-2H3. The fraction of sp³-hybridized carbons (Fsp3) is 0.609. The van der Waals surface area contributed by atoms with Crippen molar-refractivity contribution in [2.75, 3.05) is 51.7 Å². The fourth-order valence-electron chi connectivity index (χ4n) is 5.46. The Hall–Kier alpha value is -2.66. The molecular formula is C23H30FN5O2. The van der Waals surface area contributed by atoms with Gasteiger partial charge in [0.2, 0.25) is 5.91 Å². The Bertz CT molecular complexity index is 896. The third kappa shape index (κ3) is 3.99. The second-order valence-corrected chi connectivity index (χ2v) is 9.19. The highest BCUT2D eigenvalue weighted by Gasteiger charge is 2.47. The average molecular weight is 428 g/mol. The molecule has 1 aromatic carbocycles. The summed E-state index contributed by atoms with van der Waals surface area (Å²) >= 11 is 0. The summed E-state index contributed by atoms with van der Waals surface area (Å²) in [5.41, 5.74) is 1.58. The first-order chi connectivity index (χ1) is 14.8. The van der Waals surface area contributed by atoms with Crippen molar-refractivity contribution < 1.29 is 14.0 Å². The van der Waals surface area contributed by atoms with E-state index in [1.165, 1.54) is 6.07 Å². The van der Waals surface area contributed by atoms with Crippen LogP contribution in [0.3, 0.4) is 0 Å². The molecular weight excluding hydrogens is 397 g/mol. The number of anilines is 1. The minimum Gasteiger partial charge on any atom is -0.342 e. The van der Waals surface area contributed by atoms with E-state index in [1.54, 1.807) is 40.9 Å². The Morgan fingerprint density at radius 3 is 2.48 bits per heavy atom. The molecule has 2 saturated heterocycles. The molecule has 7 nitrogen and oxygen atoms in total. The van der Waals surface area contributed by atoms with Crippen molar-refractivity contribution in [3.63, 3.8) is 0 Å². The molecule has 3 heterocycles. The van der Waals surface area contributed by atoms with Crippen LogP contribution in [-0.4, -0.2) is 79.5 Å². The van der Waals surface area contributed by atoms with Gasteiger partial charge in [-0.1, -0.05) is 0 Å². The molecule has 1 aromatic rings. The molecule has 0 saturated carbocycles. The van der Waals surface area contributed by atoms with Gasteiger partial charge in [0.25, 0.3) is 0 Å². The summed E-state index contributed by atoms with van der Waals surface area (Å²) in [6.07, 6.45) is 3.55. The largest absolute Gasteiger partial charge is 0.342 e. The highest BCUT2D eigenvalue weighted by Crippen LogP contribution is 2.48. The fourth-order valence-corrected chi connectivity index (χ4v) is 5.46. The number of hydrogen-bond acceptors (Lipinski definition) is 4. The van der Waals surface area contributed by atoms with Crippen molar-refractivity contribution in [2.24, 2.45) is 0 Å². The first-order valence-electron chi connectivity index (χ1n) is 11.0. The third-order valence-corrected chi connectivity index (χ3v) is 7.21. The van der Waals surface area contributed by atoms with E-state index < -0.39 is 0 Å². The number of likely N-dealkylation sites (tertiary alicyclic amines) is 2. The van der Waals surface area contributed by atoms with Gasteiger partial charge in [-0.15, -0.1) is 0 Å². The number of benzene rings is 1. The number of carbonyl (C=O) groups is 2. The van der Waals surface area contributed by atoms with Gasteiger partial charge in [0.1, 0.15) is 12.2 Å². The van der Waals surface area contributed by atoms with Gasteiger partial charge in [-0.3, -0.25) is 9.69 Å². The Labute approximate surface area is 183 Å². The molecule has 0 bridgehead atoms. The van der Waals surface area contributed by atoms with E-state index >= 15 is 0 Å². The normalized spacial score (nSPS) is 21.1. The van der Waals surface area contributed by atoms with Crippen LogP contribution in [-0.2, 0) is 10.2 Å². The maximum atomic E-state index is 14.1. The monoisotopic (exact) mass is 427 g/mol. The molecule has 0 atom stereocenters. The third-order valence-electron chi connectivity index (χ3n) is 7.21. The number of rotatable bonds is 2. The van der Waals surface area contributed by atoms with Crippen molar-refractivity contribution in [1.29, 1.82) is 5.26 Å². The van der Waals surface area contributed by atoms with Crippen LogP contribution < -0.4 is 4.90 Å². The number of nitriles is 1. The van der Waals surface area contributed by atoms with E-state index in [2.05, 4.69) is 4.90 Å². The molecule has 0 unspecified atom stereocenters. The van der Waals surface area contributed by atoms with E-state index in [-0.39, 0.29) is 29.6 Å². The van der Waals surface area contributed by atoms with Crippen molar-refractivity contribution >= 4 is 17.6 Å². The Kier molecular flexibility index (Phi) is 5.89. The van der Waals surface area contributed by atoms with Crippen molar-refractivity contribution in [3.8, 4) is 6.07 Å². The smallest absolute Gasteiger partial charge is 0.323 e. The first kappa shape index (κ1) is 21.6. The second-order valence-electron chi connectivity index (χ2n) is 9.19. The summed E-state index contributed by atoms with van der Waals surface area (Å²) < 4.78 is 14.1. The van der Waals surface area contributed by atoms with Crippen LogP contribution in [0.15, 0.2) is 18.2 Å². The molecule has 3 amide bonds. The molecule has 4 rings (SSSR count). The van der Waals surface area contributed by atoms with Crippen LogP contribution in [0.2, 0.25) is 0 Å². The van der Waals surface area contributed by atoms with Gasteiger partial charge in [0, 0.05) is 50.9 Å². The topological polar surface area (TPSA) is 70.9 Å². The SMILES string of the molecule is CN(C)C(=O)N1CC2(CCN(C3CCN(C(=O)CC#N)CC3)CC2)c2cc(F)ccc21. The molecule has 3 aliphatic heterocycles. The molecule has 3 aliphatic rings. The summed E-state index contributed by atoms with van der Waals surface area (Å²) in [6.45, 7) is 3.79. The summed E-state index contributed by atoms with van der Waals surface area (Å²) in [7, 11) is 3.49. The molecule has 0 aliphatic carbocycles. The summed E-state index contributed by atoms with van der Waals surface area (Å²) in [4.78, 5) is 32.4. The van der Waals surface area contributed by atoms with Crippen molar-refractivity contribution in [3.05, 3.63) is 29.6 Å². The Morgan fingerprint density at radius 2 is 1.87 bits per heavy atom. The number of hydrogen-bond donors (Lipinski definition) is 0. The molecule has 0 aromatic heterocycles. The van der Waals surface area contributed by atoms with E-state index in [9.17, 15) is 14.0 Å². The zero-order valence-corrected chi connectivity index (χ0v) is 18.3. The Balaban J connectivity index is 1.44. The Morgan fingerprint density at radius 1 is 1.19 bits per heavy atom. The van der Waals surface area contributed by atoms with Crippen LogP contribution in [0.5, 0.6) is 0 Å². The van der Waals surface area contributed by atoms with Gasteiger partial charge in [0.15, 0.2) is 0 Å². The first-order valence-corrected chi connectivity index (χ1v) is 11.0. The molecule has 0 radical (unpaired) electrons. The van der Waals surface area contributed by atoms with Crippen LogP contribution in [0.1, 0.15) is 37.7 Å². The van der Waals surface area contributed by atoms with Gasteiger partial charge in [-0.05, 0) is 62.5 Å². The van der Waals surface area contributed by atoms with Gasteiger partial charge >= 0.3 is 6.03 Å². The van der Waals surface area contributed by atoms with Gasteiger partial charge < -0.3 is 14.7 Å². The summed E-state index contributed by atoms with van der Waals surface area (Å²) in [6, 6.07) is 7.09. The minimum absolute atomic E-state index is 0.0466. The van der Waals surface area contributed by atoms with E-state index in [1.807, 2.05) is 6.07 Å². The van der Waals surface area contributed by atoms with Gasteiger partial charge in [-0.2, -0.15) is 5.26 Å². The number of nitrogens with zero attached hydrogens (tertiary/aromatic N) is 5. The van der Waals surface area contributed by atoms with E-state index in [4.69, 9.17) is 5.26 Å². The average Bonchev–Trinajstić information content (AvgIpc) is 3.07. The van der Waals surface area contributed by atoms with Crippen LogP contribution >= 0.6 is 0 Å². The van der Waals surface area contributed by atoms with E-state index in [0.29, 0.717) is 25.7 Å². The lowest BCUT2D eigenvalue weighted by atomic mass is 9.74. The summed E-state index contributed by atoms with van der Waals surface area (Å²) in [5.74, 6) is -0.331. The van der Waals surface area contributed by atoms with Crippen LogP contribution in [0.25, 0.3) is 0 Å². The number of amides is 3.